The third-order valence-electron chi connectivity index (χ3n) is 3.42. The summed E-state index contributed by atoms with van der Waals surface area (Å²) in [4.78, 5) is 24.2. The Balaban J connectivity index is 2.07. The van der Waals surface area contributed by atoms with Crippen LogP contribution in [0.2, 0.25) is 0 Å². The van der Waals surface area contributed by atoms with Gasteiger partial charge in [0.15, 0.2) is 0 Å². The molecule has 0 saturated heterocycles. The van der Waals surface area contributed by atoms with Crippen molar-refractivity contribution < 1.29 is 23.8 Å². The van der Waals surface area contributed by atoms with Gasteiger partial charge in [-0.05, 0) is 25.1 Å². The molecule has 128 valence electrons. The number of ether oxygens (including phenoxy) is 1. The van der Waals surface area contributed by atoms with Crippen molar-refractivity contribution >= 4 is 23.6 Å². The number of carboxylic acid groups (broad SMARTS) is 1. The number of methoxy groups -OCH3 is 1. The lowest BCUT2D eigenvalue weighted by molar-refractivity contribution is 0.0694. The number of rotatable bonds is 8. The molecule has 0 bridgehead atoms. The van der Waals surface area contributed by atoms with E-state index >= 15 is 0 Å². The van der Waals surface area contributed by atoms with Gasteiger partial charge in [0.25, 0.3) is 5.91 Å². The van der Waals surface area contributed by atoms with E-state index in [0.29, 0.717) is 23.6 Å². The van der Waals surface area contributed by atoms with Gasteiger partial charge in [-0.1, -0.05) is 12.1 Å². The van der Waals surface area contributed by atoms with Gasteiger partial charge in [0.2, 0.25) is 0 Å². The van der Waals surface area contributed by atoms with E-state index in [4.69, 9.17) is 14.3 Å². The molecule has 0 fully saturated rings. The average molecular weight is 349 g/mol. The molecule has 1 amide bonds. The van der Waals surface area contributed by atoms with Crippen molar-refractivity contribution in [3.8, 4) is 0 Å². The maximum atomic E-state index is 12.3. The molecule has 2 rings (SSSR count). The molecule has 1 aromatic carbocycles. The van der Waals surface area contributed by atoms with Gasteiger partial charge in [0, 0.05) is 18.6 Å². The third-order valence-corrected chi connectivity index (χ3v) is 4.49. The van der Waals surface area contributed by atoms with Crippen molar-refractivity contribution in [1.29, 1.82) is 0 Å². The summed E-state index contributed by atoms with van der Waals surface area (Å²) >= 11 is 1.36. The minimum absolute atomic E-state index is 0.0741. The normalized spacial score (nSPS) is 11.9. The maximum Gasteiger partial charge on any atom is 0.339 e. The molecule has 7 heteroatoms. The van der Waals surface area contributed by atoms with Gasteiger partial charge in [-0.2, -0.15) is 0 Å². The number of benzene rings is 1. The number of thioether (sulfide) groups is 1. The van der Waals surface area contributed by atoms with Gasteiger partial charge >= 0.3 is 5.97 Å². The largest absolute Gasteiger partial charge is 0.478 e. The van der Waals surface area contributed by atoms with Gasteiger partial charge in [-0.25, -0.2) is 4.79 Å². The van der Waals surface area contributed by atoms with Crippen LogP contribution in [0.3, 0.4) is 0 Å². The first-order valence-corrected chi connectivity index (χ1v) is 8.34. The van der Waals surface area contributed by atoms with Crippen LogP contribution in [0.1, 0.15) is 33.4 Å². The number of furan rings is 1. The van der Waals surface area contributed by atoms with Crippen molar-refractivity contribution in [2.45, 2.75) is 23.7 Å². The van der Waals surface area contributed by atoms with E-state index in [-0.39, 0.29) is 17.6 Å². The molecule has 1 unspecified atom stereocenters. The summed E-state index contributed by atoms with van der Waals surface area (Å²) in [5, 5.41) is 11.9. The van der Waals surface area contributed by atoms with E-state index in [1.807, 2.05) is 19.1 Å². The number of aromatic carboxylic acids is 1. The Morgan fingerprint density at radius 1 is 1.29 bits per heavy atom. The highest BCUT2D eigenvalue weighted by Crippen LogP contribution is 2.28. The predicted molar refractivity (Wildman–Crippen MR) is 90.5 cm³/mol. The number of carbonyl (C=O) groups is 2. The van der Waals surface area contributed by atoms with Crippen LogP contribution < -0.4 is 5.32 Å². The van der Waals surface area contributed by atoms with E-state index < -0.39 is 5.97 Å². The summed E-state index contributed by atoms with van der Waals surface area (Å²) in [7, 11) is 1.59. The summed E-state index contributed by atoms with van der Waals surface area (Å²) in [6, 6.07) is 8.59. The molecule has 1 heterocycles. The molecule has 0 saturated carbocycles. The fraction of sp³-hybridized carbons (Fsp3) is 0.294. The van der Waals surface area contributed by atoms with E-state index in [0.717, 1.165) is 4.90 Å². The van der Waals surface area contributed by atoms with Crippen molar-refractivity contribution in [1.82, 2.24) is 5.32 Å². The monoisotopic (exact) mass is 349 g/mol. The second kappa shape index (κ2) is 8.56. The lowest BCUT2D eigenvalue weighted by atomic mass is 10.2. The number of nitrogens with one attached hydrogen (secondary N) is 1. The molecule has 0 aliphatic heterocycles. The zero-order valence-corrected chi connectivity index (χ0v) is 14.3. The molecule has 1 atom stereocenters. The first kappa shape index (κ1) is 18.1. The molecule has 0 radical (unpaired) electrons. The number of carboxylic acids is 1. The van der Waals surface area contributed by atoms with Crippen molar-refractivity contribution in [3.63, 3.8) is 0 Å². The lowest BCUT2D eigenvalue weighted by Crippen LogP contribution is -2.31. The molecular formula is C17H19NO5S. The molecule has 6 nitrogen and oxygen atoms in total. The van der Waals surface area contributed by atoms with Crippen LogP contribution in [0.4, 0.5) is 0 Å². The van der Waals surface area contributed by atoms with Crippen LogP contribution >= 0.6 is 11.8 Å². The standard InChI is InChI=1S/C17H19NO5S/c1-11(22-2)9-18-16(19)13-5-3-4-6-15(13)24-10-14-12(17(20)21)7-8-23-14/h3-8,11H,9-10H2,1-2H3,(H,18,19)(H,20,21). The number of carbonyl (C=O) groups excluding carboxylic acids is 1. The Morgan fingerprint density at radius 3 is 2.75 bits per heavy atom. The highest BCUT2D eigenvalue weighted by molar-refractivity contribution is 7.98. The Bertz CT molecular complexity index is 713. The van der Waals surface area contributed by atoms with Crippen molar-refractivity contribution in [3.05, 3.63) is 53.5 Å². The Hall–Kier alpha value is -2.25. The minimum atomic E-state index is -1.03. The molecule has 24 heavy (non-hydrogen) atoms. The number of hydrogen-bond donors (Lipinski definition) is 2. The smallest absolute Gasteiger partial charge is 0.339 e. The quantitative estimate of drug-likeness (QED) is 0.712. The lowest BCUT2D eigenvalue weighted by Gasteiger charge is -2.12. The predicted octanol–water partition coefficient (Wildman–Crippen LogP) is 3.03. The molecule has 1 aromatic heterocycles. The van der Waals surface area contributed by atoms with Gasteiger partial charge in [-0.3, -0.25) is 4.79 Å². The average Bonchev–Trinajstić information content (AvgIpc) is 3.06. The highest BCUT2D eigenvalue weighted by Gasteiger charge is 2.16. The second-order valence-corrected chi connectivity index (χ2v) is 6.12. The summed E-state index contributed by atoms with van der Waals surface area (Å²) in [6.07, 6.45) is 1.28. The van der Waals surface area contributed by atoms with E-state index in [1.54, 1.807) is 19.2 Å². The van der Waals surface area contributed by atoms with E-state index in [1.165, 1.54) is 24.1 Å². The zero-order valence-electron chi connectivity index (χ0n) is 13.4. The van der Waals surface area contributed by atoms with Crippen LogP contribution in [0.25, 0.3) is 0 Å². The fourth-order valence-electron chi connectivity index (χ4n) is 1.98. The first-order chi connectivity index (χ1) is 11.5. The second-order valence-electron chi connectivity index (χ2n) is 5.10. The van der Waals surface area contributed by atoms with Gasteiger partial charge in [0.1, 0.15) is 11.3 Å². The third kappa shape index (κ3) is 4.62. The molecule has 0 spiro atoms. The summed E-state index contributed by atoms with van der Waals surface area (Å²) < 4.78 is 10.3. The van der Waals surface area contributed by atoms with Crippen molar-refractivity contribution in [2.24, 2.45) is 0 Å². The first-order valence-electron chi connectivity index (χ1n) is 7.35. The van der Waals surface area contributed by atoms with Crippen LogP contribution in [0.5, 0.6) is 0 Å². The van der Waals surface area contributed by atoms with E-state index in [2.05, 4.69) is 5.32 Å². The van der Waals surface area contributed by atoms with Gasteiger partial charge in [-0.15, -0.1) is 11.8 Å². The zero-order chi connectivity index (χ0) is 17.5. The summed E-state index contributed by atoms with van der Waals surface area (Å²) in [6.45, 7) is 2.28. The molecule has 0 aliphatic carbocycles. The molecule has 2 aromatic rings. The maximum absolute atomic E-state index is 12.3. The topological polar surface area (TPSA) is 88.8 Å². The van der Waals surface area contributed by atoms with Crippen molar-refractivity contribution in [2.75, 3.05) is 13.7 Å². The highest BCUT2D eigenvalue weighted by atomic mass is 32.2. The van der Waals surface area contributed by atoms with E-state index in [9.17, 15) is 9.59 Å². The molecule has 0 aliphatic rings. The Morgan fingerprint density at radius 2 is 2.04 bits per heavy atom. The van der Waals surface area contributed by atoms with Crippen LogP contribution in [-0.4, -0.2) is 36.7 Å². The fourth-order valence-corrected chi connectivity index (χ4v) is 2.98. The Kier molecular flexibility index (Phi) is 6.45. The summed E-state index contributed by atoms with van der Waals surface area (Å²) in [5.41, 5.74) is 0.674. The SMILES string of the molecule is COC(C)CNC(=O)c1ccccc1SCc1occc1C(=O)O. The molecular weight excluding hydrogens is 330 g/mol. The van der Waals surface area contributed by atoms with Crippen LogP contribution in [0.15, 0.2) is 45.9 Å². The van der Waals surface area contributed by atoms with Gasteiger partial charge in [0.05, 0.1) is 23.7 Å². The van der Waals surface area contributed by atoms with Crippen LogP contribution in [-0.2, 0) is 10.5 Å². The number of amides is 1. The molecule has 2 N–H and O–H groups in total. The van der Waals surface area contributed by atoms with Gasteiger partial charge < -0.3 is 19.6 Å². The Labute approximate surface area is 144 Å². The summed E-state index contributed by atoms with van der Waals surface area (Å²) in [5.74, 6) is -0.525. The number of hydrogen-bond acceptors (Lipinski definition) is 5. The minimum Gasteiger partial charge on any atom is -0.478 e. The van der Waals surface area contributed by atoms with Crippen LogP contribution in [0, 0.1) is 0 Å².